The minimum absolute atomic E-state index is 0.998. The predicted molar refractivity (Wildman–Crippen MR) is 49.7 cm³/mol. The van der Waals surface area contributed by atoms with Crippen LogP contribution in [0.25, 0.3) is 0 Å². The van der Waals surface area contributed by atoms with Crippen LogP contribution >= 0.6 is 24.4 Å². The maximum absolute atomic E-state index is 4.11. The Kier molecular flexibility index (Phi) is 7.27. The first-order valence-electron chi connectivity index (χ1n) is 3.10. The first-order chi connectivity index (χ1) is 4.27. The van der Waals surface area contributed by atoms with Crippen LogP contribution in [0, 0.1) is 0 Å². The minimum Gasteiger partial charge on any atom is -0.309 e. The normalized spacial score (nSPS) is 10.7. The number of hydrogen-bond acceptors (Lipinski definition) is 3. The summed E-state index contributed by atoms with van der Waals surface area (Å²) in [5.74, 6) is 3.41. The van der Waals surface area contributed by atoms with Crippen LogP contribution in [0.4, 0.5) is 0 Å². The van der Waals surface area contributed by atoms with Gasteiger partial charge in [0.05, 0.1) is 0 Å². The summed E-state index contributed by atoms with van der Waals surface area (Å²) in [4.78, 5) is 2.20. The van der Waals surface area contributed by atoms with Crippen molar-refractivity contribution in [2.75, 3.05) is 37.9 Å². The van der Waals surface area contributed by atoms with Gasteiger partial charge in [-0.05, 0) is 19.8 Å². The molecule has 0 saturated carbocycles. The fraction of sp³-hybridized carbons (Fsp3) is 1.00. The van der Waals surface area contributed by atoms with E-state index in [-0.39, 0.29) is 0 Å². The van der Waals surface area contributed by atoms with E-state index in [0.717, 1.165) is 5.75 Å². The van der Waals surface area contributed by atoms with Gasteiger partial charge in [-0.25, -0.2) is 0 Å². The fourth-order valence-corrected chi connectivity index (χ4v) is 1.63. The smallest absolute Gasteiger partial charge is 0.00662 e. The van der Waals surface area contributed by atoms with Crippen LogP contribution in [-0.4, -0.2) is 42.8 Å². The highest BCUT2D eigenvalue weighted by atomic mass is 32.2. The SMILES string of the molecule is CN(C)CCSCCS. The van der Waals surface area contributed by atoms with Crippen molar-refractivity contribution >= 4 is 24.4 Å². The Morgan fingerprint density at radius 2 is 2.00 bits per heavy atom. The van der Waals surface area contributed by atoms with Crippen LogP contribution in [0.1, 0.15) is 0 Å². The van der Waals surface area contributed by atoms with Crippen molar-refractivity contribution in [2.24, 2.45) is 0 Å². The zero-order valence-electron chi connectivity index (χ0n) is 6.13. The predicted octanol–water partition coefficient (Wildman–Crippen LogP) is 1.21. The second-order valence-corrected chi connectivity index (χ2v) is 3.81. The van der Waals surface area contributed by atoms with Crippen LogP contribution in [-0.2, 0) is 0 Å². The number of hydrogen-bond donors (Lipinski definition) is 1. The van der Waals surface area contributed by atoms with Crippen molar-refractivity contribution in [2.45, 2.75) is 0 Å². The molecule has 0 aromatic rings. The van der Waals surface area contributed by atoms with Gasteiger partial charge in [0.15, 0.2) is 0 Å². The molecule has 0 aliphatic carbocycles. The maximum atomic E-state index is 4.11. The Balaban J connectivity index is 2.75. The van der Waals surface area contributed by atoms with Crippen LogP contribution in [0.5, 0.6) is 0 Å². The zero-order valence-corrected chi connectivity index (χ0v) is 7.84. The first kappa shape index (κ1) is 9.66. The minimum atomic E-state index is 0.998. The summed E-state index contributed by atoms with van der Waals surface area (Å²) < 4.78 is 0. The van der Waals surface area contributed by atoms with Gasteiger partial charge in [-0.1, -0.05) is 0 Å². The Hall–Kier alpha value is 0.660. The monoisotopic (exact) mass is 165 g/mol. The summed E-state index contributed by atoms with van der Waals surface area (Å²) in [6, 6.07) is 0. The molecule has 1 nitrogen and oxygen atoms in total. The Labute approximate surface area is 67.6 Å². The number of thioether (sulfide) groups is 1. The Morgan fingerprint density at radius 3 is 2.44 bits per heavy atom. The molecule has 0 aromatic heterocycles. The molecule has 0 fully saturated rings. The van der Waals surface area contributed by atoms with Gasteiger partial charge in [0, 0.05) is 18.1 Å². The molecule has 56 valence electrons. The summed E-state index contributed by atoms with van der Waals surface area (Å²) in [7, 11) is 4.20. The third kappa shape index (κ3) is 8.66. The van der Waals surface area contributed by atoms with Crippen LogP contribution < -0.4 is 0 Å². The average molecular weight is 165 g/mol. The van der Waals surface area contributed by atoms with E-state index in [1.807, 2.05) is 11.8 Å². The third-order valence-electron chi connectivity index (χ3n) is 0.918. The Bertz CT molecular complexity index is 57.0. The number of rotatable bonds is 5. The summed E-state index contributed by atoms with van der Waals surface area (Å²) in [6.07, 6.45) is 0. The quantitative estimate of drug-likeness (QED) is 0.482. The van der Waals surface area contributed by atoms with E-state index in [1.54, 1.807) is 0 Å². The lowest BCUT2D eigenvalue weighted by atomic mass is 10.7. The molecule has 0 radical (unpaired) electrons. The summed E-state index contributed by atoms with van der Waals surface area (Å²) in [5.41, 5.74) is 0. The van der Waals surface area contributed by atoms with Gasteiger partial charge < -0.3 is 4.90 Å². The van der Waals surface area contributed by atoms with Crippen molar-refractivity contribution in [1.82, 2.24) is 4.90 Å². The molecular formula is C6H15NS2. The largest absolute Gasteiger partial charge is 0.309 e. The number of nitrogens with zero attached hydrogens (tertiary/aromatic N) is 1. The van der Waals surface area contributed by atoms with Crippen LogP contribution in [0.2, 0.25) is 0 Å². The summed E-state index contributed by atoms with van der Waals surface area (Å²) >= 11 is 6.07. The molecule has 9 heavy (non-hydrogen) atoms. The molecule has 0 unspecified atom stereocenters. The molecule has 0 amide bonds. The lowest BCUT2D eigenvalue weighted by Crippen LogP contribution is -2.15. The second-order valence-electron chi connectivity index (χ2n) is 2.14. The van der Waals surface area contributed by atoms with E-state index in [4.69, 9.17) is 0 Å². The first-order valence-corrected chi connectivity index (χ1v) is 4.89. The van der Waals surface area contributed by atoms with Crippen molar-refractivity contribution in [3.8, 4) is 0 Å². The van der Waals surface area contributed by atoms with E-state index < -0.39 is 0 Å². The molecule has 0 spiro atoms. The van der Waals surface area contributed by atoms with Gasteiger partial charge in [0.1, 0.15) is 0 Å². The van der Waals surface area contributed by atoms with Crippen molar-refractivity contribution in [3.05, 3.63) is 0 Å². The van der Waals surface area contributed by atoms with Crippen molar-refractivity contribution in [3.63, 3.8) is 0 Å². The molecule has 0 N–H and O–H groups in total. The van der Waals surface area contributed by atoms with Gasteiger partial charge in [0.25, 0.3) is 0 Å². The molecule has 0 saturated heterocycles. The van der Waals surface area contributed by atoms with E-state index in [9.17, 15) is 0 Å². The molecule has 3 heteroatoms. The van der Waals surface area contributed by atoms with Crippen molar-refractivity contribution in [1.29, 1.82) is 0 Å². The molecule has 0 aliphatic heterocycles. The molecule has 0 rings (SSSR count). The van der Waals surface area contributed by atoms with Gasteiger partial charge >= 0.3 is 0 Å². The highest BCUT2D eigenvalue weighted by molar-refractivity contribution is 8.00. The third-order valence-corrected chi connectivity index (χ3v) is 2.41. The summed E-state index contributed by atoms with van der Waals surface area (Å²) in [5, 5.41) is 0. The second kappa shape index (κ2) is 6.78. The fourth-order valence-electron chi connectivity index (χ4n) is 0.414. The van der Waals surface area contributed by atoms with E-state index in [0.29, 0.717) is 0 Å². The van der Waals surface area contributed by atoms with Crippen LogP contribution in [0.3, 0.4) is 0 Å². The average Bonchev–Trinajstić information content (AvgIpc) is 1.80. The molecule has 0 aromatic carbocycles. The standard InChI is InChI=1S/C6H15NS2/c1-7(2)3-5-9-6-4-8/h8H,3-6H2,1-2H3. The number of thiol groups is 1. The molecule has 0 heterocycles. The summed E-state index contributed by atoms with van der Waals surface area (Å²) in [6.45, 7) is 1.18. The van der Waals surface area contributed by atoms with E-state index >= 15 is 0 Å². The lowest BCUT2D eigenvalue weighted by molar-refractivity contribution is 0.437. The van der Waals surface area contributed by atoms with E-state index in [1.165, 1.54) is 18.1 Å². The molecular weight excluding hydrogens is 150 g/mol. The van der Waals surface area contributed by atoms with Crippen LogP contribution in [0.15, 0.2) is 0 Å². The molecule has 0 aliphatic rings. The topological polar surface area (TPSA) is 3.24 Å². The lowest BCUT2D eigenvalue weighted by Gasteiger charge is -2.07. The molecule has 0 bridgehead atoms. The zero-order chi connectivity index (χ0) is 7.11. The van der Waals surface area contributed by atoms with Gasteiger partial charge in [-0.15, -0.1) is 0 Å². The highest BCUT2D eigenvalue weighted by Gasteiger charge is 1.88. The van der Waals surface area contributed by atoms with E-state index in [2.05, 4.69) is 31.6 Å². The maximum Gasteiger partial charge on any atom is 0.00662 e. The van der Waals surface area contributed by atoms with Gasteiger partial charge in [-0.2, -0.15) is 24.4 Å². The molecule has 0 atom stereocenters. The highest BCUT2D eigenvalue weighted by Crippen LogP contribution is 1.99. The van der Waals surface area contributed by atoms with Gasteiger partial charge in [-0.3, -0.25) is 0 Å². The van der Waals surface area contributed by atoms with Gasteiger partial charge in [0.2, 0.25) is 0 Å². The Morgan fingerprint density at radius 1 is 1.33 bits per heavy atom. The van der Waals surface area contributed by atoms with Crippen molar-refractivity contribution < 1.29 is 0 Å².